The molecule has 1 unspecified atom stereocenters. The molecule has 37 heavy (non-hydrogen) atoms. The van der Waals surface area contributed by atoms with Crippen molar-refractivity contribution in [3.8, 4) is 33.9 Å². The molecule has 184 valence electrons. The number of carbonyl (C=O) groups excluding carboxylic acids is 3. The van der Waals surface area contributed by atoms with E-state index in [0.717, 1.165) is 22.5 Å². The molecule has 1 fully saturated rings. The standard InChI is InChI=1S/C29H23FN4O3/c1-33-26(18-10-6-3-7-11-18)25(17-8-4-2-5-9-17)32-27(33)20-13-12-19-21(24(20)30)16-34(29(19)37)22-14-15-23(35)31-28(22)36/h2-13,22H,14-16H2,1H3,(H,31,35,36). The Balaban J connectivity index is 1.44. The van der Waals surface area contributed by atoms with Crippen LogP contribution in [0.3, 0.4) is 0 Å². The van der Waals surface area contributed by atoms with Crippen LogP contribution < -0.4 is 5.32 Å². The Morgan fingerprint density at radius 1 is 0.892 bits per heavy atom. The first-order chi connectivity index (χ1) is 17.9. The van der Waals surface area contributed by atoms with Crippen LogP contribution in [0.2, 0.25) is 0 Å². The third kappa shape index (κ3) is 3.72. The Bertz CT molecular complexity index is 1560. The van der Waals surface area contributed by atoms with Gasteiger partial charge in [-0.25, -0.2) is 9.37 Å². The molecule has 1 atom stereocenters. The molecule has 0 radical (unpaired) electrons. The van der Waals surface area contributed by atoms with Gasteiger partial charge in [-0.05, 0) is 18.6 Å². The number of nitrogens with zero attached hydrogens (tertiary/aromatic N) is 3. The first kappa shape index (κ1) is 22.8. The third-order valence-corrected chi connectivity index (χ3v) is 7.08. The van der Waals surface area contributed by atoms with Crippen LogP contribution >= 0.6 is 0 Å². The fourth-order valence-corrected chi connectivity index (χ4v) is 5.24. The van der Waals surface area contributed by atoms with Gasteiger partial charge in [-0.15, -0.1) is 0 Å². The predicted molar refractivity (Wildman–Crippen MR) is 136 cm³/mol. The van der Waals surface area contributed by atoms with E-state index >= 15 is 4.39 Å². The van der Waals surface area contributed by atoms with Crippen molar-refractivity contribution in [3.05, 3.63) is 89.7 Å². The first-order valence-electron chi connectivity index (χ1n) is 12.1. The van der Waals surface area contributed by atoms with Crippen molar-refractivity contribution in [1.29, 1.82) is 0 Å². The van der Waals surface area contributed by atoms with E-state index in [1.54, 1.807) is 12.1 Å². The molecule has 0 spiro atoms. The Hall–Kier alpha value is -4.59. The summed E-state index contributed by atoms with van der Waals surface area (Å²) in [5.41, 5.74) is 4.17. The van der Waals surface area contributed by atoms with Crippen molar-refractivity contribution < 1.29 is 18.8 Å². The molecule has 3 heterocycles. The van der Waals surface area contributed by atoms with Gasteiger partial charge in [0, 0.05) is 35.7 Å². The topological polar surface area (TPSA) is 84.3 Å². The van der Waals surface area contributed by atoms with E-state index in [4.69, 9.17) is 4.98 Å². The first-order valence-corrected chi connectivity index (χ1v) is 12.1. The van der Waals surface area contributed by atoms with Crippen LogP contribution in [0.5, 0.6) is 0 Å². The summed E-state index contributed by atoms with van der Waals surface area (Å²) in [6.45, 7) is -0.0401. The second kappa shape index (κ2) is 8.81. The summed E-state index contributed by atoms with van der Waals surface area (Å²) in [6.07, 6.45) is 0.362. The number of imidazole rings is 1. The molecule has 4 aromatic rings. The summed E-state index contributed by atoms with van der Waals surface area (Å²) in [6, 6.07) is 21.9. The minimum Gasteiger partial charge on any atom is -0.327 e. The van der Waals surface area contributed by atoms with E-state index in [9.17, 15) is 14.4 Å². The van der Waals surface area contributed by atoms with Crippen molar-refractivity contribution in [2.45, 2.75) is 25.4 Å². The van der Waals surface area contributed by atoms with E-state index < -0.39 is 23.7 Å². The van der Waals surface area contributed by atoms with Crippen LogP contribution in [0, 0.1) is 5.82 Å². The Kier molecular flexibility index (Phi) is 5.44. The lowest BCUT2D eigenvalue weighted by Crippen LogP contribution is -2.52. The molecule has 3 aromatic carbocycles. The smallest absolute Gasteiger partial charge is 0.255 e. The number of imide groups is 1. The van der Waals surface area contributed by atoms with Crippen molar-refractivity contribution in [2.75, 3.05) is 0 Å². The zero-order chi connectivity index (χ0) is 25.7. The second-order valence-corrected chi connectivity index (χ2v) is 9.28. The highest BCUT2D eigenvalue weighted by atomic mass is 19.1. The van der Waals surface area contributed by atoms with Gasteiger partial charge in [-0.1, -0.05) is 60.7 Å². The summed E-state index contributed by atoms with van der Waals surface area (Å²) in [4.78, 5) is 43.3. The highest BCUT2D eigenvalue weighted by molar-refractivity contribution is 6.05. The van der Waals surface area contributed by atoms with Gasteiger partial charge in [0.2, 0.25) is 11.8 Å². The number of benzene rings is 3. The van der Waals surface area contributed by atoms with Gasteiger partial charge >= 0.3 is 0 Å². The number of piperidine rings is 1. The minimum absolute atomic E-state index is 0.0401. The van der Waals surface area contributed by atoms with Crippen molar-refractivity contribution >= 4 is 17.7 Å². The van der Waals surface area contributed by atoms with Crippen LogP contribution in [-0.2, 0) is 23.2 Å². The largest absolute Gasteiger partial charge is 0.327 e. The molecule has 1 aromatic heterocycles. The molecule has 3 amide bonds. The maximum absolute atomic E-state index is 16.1. The zero-order valence-electron chi connectivity index (χ0n) is 20.1. The molecule has 8 heteroatoms. The molecule has 1 saturated heterocycles. The van der Waals surface area contributed by atoms with E-state index in [1.165, 1.54) is 4.90 Å². The fraction of sp³-hybridized carbons (Fsp3) is 0.172. The van der Waals surface area contributed by atoms with Crippen LogP contribution in [0.1, 0.15) is 28.8 Å². The van der Waals surface area contributed by atoms with Crippen LogP contribution in [0.4, 0.5) is 4.39 Å². The lowest BCUT2D eigenvalue weighted by atomic mass is 10.0. The number of nitrogens with one attached hydrogen (secondary N) is 1. The average Bonchev–Trinajstić information content (AvgIpc) is 3.43. The summed E-state index contributed by atoms with van der Waals surface area (Å²) >= 11 is 0. The number of hydrogen-bond acceptors (Lipinski definition) is 4. The molecule has 7 nitrogen and oxygen atoms in total. The van der Waals surface area contributed by atoms with Gasteiger partial charge < -0.3 is 9.47 Å². The summed E-state index contributed by atoms with van der Waals surface area (Å²) in [7, 11) is 1.85. The van der Waals surface area contributed by atoms with Gasteiger partial charge in [0.1, 0.15) is 17.7 Å². The van der Waals surface area contributed by atoms with E-state index in [0.29, 0.717) is 5.82 Å². The quantitative estimate of drug-likeness (QED) is 0.428. The van der Waals surface area contributed by atoms with Crippen LogP contribution in [0.25, 0.3) is 33.9 Å². The molecule has 0 bridgehead atoms. The Labute approximate surface area is 212 Å². The van der Waals surface area contributed by atoms with Crippen molar-refractivity contribution in [1.82, 2.24) is 19.8 Å². The van der Waals surface area contributed by atoms with Crippen LogP contribution in [0.15, 0.2) is 72.8 Å². The van der Waals surface area contributed by atoms with Gasteiger partial charge in [-0.3, -0.25) is 19.7 Å². The van der Waals surface area contributed by atoms with Crippen molar-refractivity contribution in [3.63, 3.8) is 0 Å². The van der Waals surface area contributed by atoms with Gasteiger partial charge in [0.15, 0.2) is 0 Å². The number of rotatable bonds is 4. The molecule has 0 aliphatic carbocycles. The fourth-order valence-electron chi connectivity index (χ4n) is 5.24. The summed E-state index contributed by atoms with van der Waals surface area (Å²) < 4.78 is 17.9. The maximum Gasteiger partial charge on any atom is 0.255 e. The summed E-state index contributed by atoms with van der Waals surface area (Å²) in [5.74, 6) is -1.40. The second-order valence-electron chi connectivity index (χ2n) is 9.28. The molecule has 0 saturated carbocycles. The number of halogens is 1. The van der Waals surface area contributed by atoms with Crippen LogP contribution in [-0.4, -0.2) is 38.2 Å². The van der Waals surface area contributed by atoms with Crippen molar-refractivity contribution in [2.24, 2.45) is 7.05 Å². The maximum atomic E-state index is 16.1. The highest BCUT2D eigenvalue weighted by Crippen LogP contribution is 2.38. The minimum atomic E-state index is -0.803. The molecule has 2 aliphatic heterocycles. The molecule has 2 aliphatic rings. The molecule has 6 rings (SSSR count). The summed E-state index contributed by atoms with van der Waals surface area (Å²) in [5, 5.41) is 2.27. The van der Waals surface area contributed by atoms with E-state index in [2.05, 4.69) is 5.32 Å². The molecule has 1 N–H and O–H groups in total. The number of aromatic nitrogens is 2. The number of fused-ring (bicyclic) bond motifs is 1. The van der Waals surface area contributed by atoms with Gasteiger partial charge in [0.05, 0.1) is 23.5 Å². The zero-order valence-corrected chi connectivity index (χ0v) is 20.1. The monoisotopic (exact) mass is 494 g/mol. The van der Waals surface area contributed by atoms with Gasteiger partial charge in [-0.2, -0.15) is 0 Å². The third-order valence-electron chi connectivity index (χ3n) is 7.08. The molecular weight excluding hydrogens is 471 g/mol. The Morgan fingerprint density at radius 2 is 1.54 bits per heavy atom. The average molecular weight is 495 g/mol. The lowest BCUT2D eigenvalue weighted by molar-refractivity contribution is -0.136. The number of hydrogen-bond donors (Lipinski definition) is 1. The van der Waals surface area contributed by atoms with E-state index in [-0.39, 0.29) is 42.0 Å². The number of amides is 3. The van der Waals surface area contributed by atoms with Gasteiger partial charge in [0.25, 0.3) is 5.91 Å². The predicted octanol–water partition coefficient (Wildman–Crippen LogP) is 4.32. The highest BCUT2D eigenvalue weighted by Gasteiger charge is 2.40. The lowest BCUT2D eigenvalue weighted by Gasteiger charge is -2.29. The number of carbonyl (C=O) groups is 3. The SMILES string of the molecule is Cn1c(-c2ccc3c(c2F)CN(C2CCC(=O)NC2=O)C3=O)nc(-c2ccccc2)c1-c1ccccc1. The van der Waals surface area contributed by atoms with E-state index in [1.807, 2.05) is 72.3 Å². The normalized spacial score (nSPS) is 17.2. The Morgan fingerprint density at radius 3 is 2.22 bits per heavy atom. The molecular formula is C29H23FN4O3.